The first kappa shape index (κ1) is 17.6. The Morgan fingerprint density at radius 3 is 2.85 bits per heavy atom. The Balaban J connectivity index is 1.51. The van der Waals surface area contributed by atoms with Gasteiger partial charge in [0, 0.05) is 24.2 Å². The fraction of sp³-hybridized carbons (Fsp3) is 0.350. The molecule has 1 saturated heterocycles. The molecule has 2 atom stereocenters. The summed E-state index contributed by atoms with van der Waals surface area (Å²) >= 11 is 0. The van der Waals surface area contributed by atoms with Gasteiger partial charge in [0.25, 0.3) is 0 Å². The van der Waals surface area contributed by atoms with Gasteiger partial charge in [-0.05, 0) is 60.5 Å². The number of nitrogens with zero attached hydrogens (tertiary/aromatic N) is 4. The lowest BCUT2D eigenvalue weighted by molar-refractivity contribution is 0.303. The molecule has 2 heterocycles. The zero-order valence-corrected chi connectivity index (χ0v) is 15.3. The van der Waals surface area contributed by atoms with E-state index < -0.39 is 0 Å². The van der Waals surface area contributed by atoms with Gasteiger partial charge in [0.05, 0.1) is 5.69 Å². The number of hydrogen-bond acceptors (Lipinski definition) is 6. The van der Waals surface area contributed by atoms with Crippen molar-refractivity contribution >= 4 is 0 Å². The molecule has 0 amide bonds. The van der Waals surface area contributed by atoms with E-state index in [0.29, 0.717) is 18.4 Å². The number of nitrogens with one attached hydrogen (secondary N) is 2. The van der Waals surface area contributed by atoms with Gasteiger partial charge in [0.15, 0.2) is 5.82 Å². The molecule has 27 heavy (non-hydrogen) atoms. The number of benzene rings is 2. The summed E-state index contributed by atoms with van der Waals surface area (Å²) in [6.45, 7) is 3.45. The standard InChI is InChI=1S/C20H24N6O/c1-14-23-24-25-26(14)17-9-10-19(27)16(12-17)13-22-18-8-5-11-21-20(18)15-6-3-2-4-7-15/h2-4,6-7,9-10,12,18,20-22,27H,5,8,11,13H2,1H3/t18-,20-/m0/s1. The molecule has 7 heteroatoms. The average Bonchev–Trinajstić information content (AvgIpc) is 3.14. The molecule has 1 aromatic heterocycles. The van der Waals surface area contributed by atoms with Crippen LogP contribution in [-0.2, 0) is 6.54 Å². The van der Waals surface area contributed by atoms with E-state index in [2.05, 4.69) is 50.4 Å². The number of phenols is 1. The first-order valence-corrected chi connectivity index (χ1v) is 9.31. The van der Waals surface area contributed by atoms with E-state index >= 15 is 0 Å². The van der Waals surface area contributed by atoms with Crippen molar-refractivity contribution < 1.29 is 5.11 Å². The number of phenolic OH excluding ortho intramolecular Hbond substituents is 1. The largest absolute Gasteiger partial charge is 0.508 e. The molecule has 3 N–H and O–H groups in total. The third-order valence-electron chi connectivity index (χ3n) is 5.10. The van der Waals surface area contributed by atoms with Gasteiger partial charge in [-0.1, -0.05) is 30.3 Å². The Bertz CT molecular complexity index is 894. The fourth-order valence-electron chi connectivity index (χ4n) is 3.68. The number of piperidine rings is 1. The van der Waals surface area contributed by atoms with E-state index in [4.69, 9.17) is 0 Å². The quantitative estimate of drug-likeness (QED) is 0.644. The molecule has 140 valence electrons. The van der Waals surface area contributed by atoms with Crippen molar-refractivity contribution in [2.75, 3.05) is 6.54 Å². The van der Waals surface area contributed by atoms with Gasteiger partial charge >= 0.3 is 0 Å². The molecule has 4 rings (SSSR count). The van der Waals surface area contributed by atoms with Crippen molar-refractivity contribution in [3.8, 4) is 11.4 Å². The zero-order chi connectivity index (χ0) is 18.6. The lowest BCUT2D eigenvalue weighted by Gasteiger charge is -2.34. The normalized spacial score (nSPS) is 19.9. The van der Waals surface area contributed by atoms with Crippen LogP contribution in [0.5, 0.6) is 5.75 Å². The highest BCUT2D eigenvalue weighted by atomic mass is 16.3. The second kappa shape index (κ2) is 7.85. The Morgan fingerprint density at radius 1 is 1.22 bits per heavy atom. The maximum atomic E-state index is 10.3. The molecule has 2 aromatic carbocycles. The molecule has 1 aliphatic rings. The monoisotopic (exact) mass is 364 g/mol. The van der Waals surface area contributed by atoms with E-state index in [1.165, 1.54) is 5.56 Å². The van der Waals surface area contributed by atoms with Gasteiger partial charge in [-0.25, -0.2) is 0 Å². The summed E-state index contributed by atoms with van der Waals surface area (Å²) < 4.78 is 1.66. The Morgan fingerprint density at radius 2 is 2.07 bits per heavy atom. The zero-order valence-electron chi connectivity index (χ0n) is 15.3. The molecule has 7 nitrogen and oxygen atoms in total. The van der Waals surface area contributed by atoms with Crippen LogP contribution in [0.15, 0.2) is 48.5 Å². The summed E-state index contributed by atoms with van der Waals surface area (Å²) in [6, 6.07) is 16.5. The minimum Gasteiger partial charge on any atom is -0.508 e. The van der Waals surface area contributed by atoms with E-state index in [1.54, 1.807) is 10.7 Å². The van der Waals surface area contributed by atoms with E-state index in [0.717, 1.165) is 30.6 Å². The first-order valence-electron chi connectivity index (χ1n) is 9.31. The lowest BCUT2D eigenvalue weighted by Crippen LogP contribution is -2.45. The maximum absolute atomic E-state index is 10.3. The Hall–Kier alpha value is -2.77. The number of hydrogen-bond donors (Lipinski definition) is 3. The van der Waals surface area contributed by atoms with Crippen LogP contribution in [0.2, 0.25) is 0 Å². The number of rotatable bonds is 5. The van der Waals surface area contributed by atoms with Gasteiger partial charge < -0.3 is 15.7 Å². The van der Waals surface area contributed by atoms with Crippen LogP contribution in [0, 0.1) is 6.92 Å². The molecular formula is C20H24N6O. The number of aromatic hydroxyl groups is 1. The van der Waals surface area contributed by atoms with E-state index in [-0.39, 0.29) is 11.8 Å². The predicted octanol–water partition coefficient (Wildman–Crippen LogP) is 2.26. The minimum atomic E-state index is 0.270. The fourth-order valence-corrected chi connectivity index (χ4v) is 3.68. The second-order valence-electron chi connectivity index (χ2n) is 6.92. The molecule has 0 spiro atoms. The molecule has 3 aromatic rings. The highest BCUT2D eigenvalue weighted by molar-refractivity contribution is 5.43. The Labute approximate surface area is 158 Å². The molecule has 0 saturated carbocycles. The van der Waals surface area contributed by atoms with Crippen molar-refractivity contribution in [1.82, 2.24) is 30.8 Å². The first-order chi connectivity index (χ1) is 13.2. The summed E-state index contributed by atoms with van der Waals surface area (Å²) in [5, 5.41) is 29.2. The van der Waals surface area contributed by atoms with Gasteiger partial charge in [-0.15, -0.1) is 5.10 Å². The van der Waals surface area contributed by atoms with Gasteiger partial charge in [0.2, 0.25) is 0 Å². The van der Waals surface area contributed by atoms with Gasteiger partial charge in [-0.3, -0.25) is 0 Å². The third kappa shape index (κ3) is 3.84. The van der Waals surface area contributed by atoms with Crippen molar-refractivity contribution in [3.05, 3.63) is 65.5 Å². The molecule has 0 aliphatic carbocycles. The molecule has 1 fully saturated rings. The van der Waals surface area contributed by atoms with Gasteiger partial charge in [0.1, 0.15) is 5.75 Å². The molecular weight excluding hydrogens is 340 g/mol. The van der Waals surface area contributed by atoms with Crippen molar-refractivity contribution in [2.45, 2.75) is 38.4 Å². The van der Waals surface area contributed by atoms with Crippen LogP contribution < -0.4 is 10.6 Å². The van der Waals surface area contributed by atoms with E-state index in [1.807, 2.05) is 25.1 Å². The number of aryl methyl sites for hydroxylation is 1. The molecule has 1 aliphatic heterocycles. The molecule has 0 radical (unpaired) electrons. The van der Waals surface area contributed by atoms with Crippen LogP contribution in [0.4, 0.5) is 0 Å². The number of aromatic nitrogens is 4. The molecule has 0 bridgehead atoms. The predicted molar refractivity (Wildman–Crippen MR) is 103 cm³/mol. The minimum absolute atomic E-state index is 0.270. The third-order valence-corrected chi connectivity index (χ3v) is 5.10. The maximum Gasteiger partial charge on any atom is 0.153 e. The van der Waals surface area contributed by atoms with Crippen molar-refractivity contribution in [3.63, 3.8) is 0 Å². The van der Waals surface area contributed by atoms with Crippen molar-refractivity contribution in [1.29, 1.82) is 0 Å². The van der Waals surface area contributed by atoms with Crippen LogP contribution >= 0.6 is 0 Å². The summed E-state index contributed by atoms with van der Waals surface area (Å²) in [6.07, 6.45) is 2.23. The van der Waals surface area contributed by atoms with Crippen LogP contribution in [-0.4, -0.2) is 37.9 Å². The van der Waals surface area contributed by atoms with Crippen LogP contribution in [0.3, 0.4) is 0 Å². The second-order valence-corrected chi connectivity index (χ2v) is 6.92. The Kier molecular flexibility index (Phi) is 5.13. The topological polar surface area (TPSA) is 87.9 Å². The smallest absolute Gasteiger partial charge is 0.153 e. The van der Waals surface area contributed by atoms with E-state index in [9.17, 15) is 5.11 Å². The lowest BCUT2D eigenvalue weighted by atomic mass is 9.92. The SMILES string of the molecule is Cc1nnnn1-c1ccc(O)c(CN[C@H]2CCCN[C@H]2c2ccccc2)c1. The van der Waals surface area contributed by atoms with Crippen LogP contribution in [0.1, 0.15) is 35.8 Å². The van der Waals surface area contributed by atoms with Gasteiger partial charge in [-0.2, -0.15) is 4.68 Å². The number of tetrazole rings is 1. The molecule has 0 unspecified atom stereocenters. The average molecular weight is 364 g/mol. The summed E-state index contributed by atoms with van der Waals surface area (Å²) in [5.74, 6) is 0.984. The summed E-state index contributed by atoms with van der Waals surface area (Å²) in [4.78, 5) is 0. The summed E-state index contributed by atoms with van der Waals surface area (Å²) in [7, 11) is 0. The van der Waals surface area contributed by atoms with Crippen molar-refractivity contribution in [2.24, 2.45) is 0 Å². The highest BCUT2D eigenvalue weighted by Gasteiger charge is 2.25. The summed E-state index contributed by atoms with van der Waals surface area (Å²) in [5.41, 5.74) is 2.96. The highest BCUT2D eigenvalue weighted by Crippen LogP contribution is 2.25. The van der Waals surface area contributed by atoms with Crippen LogP contribution in [0.25, 0.3) is 5.69 Å².